The fraction of sp³-hybridized carbons (Fsp3) is 0.250. The second-order valence-electron chi connectivity index (χ2n) is 2.23. The molecule has 0 aliphatic rings. The van der Waals surface area contributed by atoms with E-state index in [0.717, 1.165) is 12.2 Å². The van der Waals surface area contributed by atoms with Crippen molar-refractivity contribution in [3.8, 4) is 11.5 Å². The molecule has 0 heterocycles. The first-order valence-corrected chi connectivity index (χ1v) is 3.50. The molecule has 1 aromatic rings. The molecule has 0 saturated carbocycles. The van der Waals surface area contributed by atoms with Crippen LogP contribution in [0.25, 0.3) is 0 Å². The Balaban J connectivity index is 2.86. The van der Waals surface area contributed by atoms with E-state index in [1.807, 2.05) is 6.92 Å². The van der Waals surface area contributed by atoms with Crippen LogP contribution >= 0.6 is 0 Å². The van der Waals surface area contributed by atoms with Gasteiger partial charge in [0.25, 0.3) is 0 Å². The van der Waals surface area contributed by atoms with Gasteiger partial charge in [0, 0.05) is 18.3 Å². The summed E-state index contributed by atoms with van der Waals surface area (Å²) >= 11 is 0. The topological polar surface area (TPSA) is 52.5 Å². The minimum Gasteiger partial charge on any atom is -0.504 e. The fourth-order valence-electron chi connectivity index (χ4n) is 0.838. The molecule has 0 aliphatic heterocycles. The zero-order chi connectivity index (χ0) is 8.27. The van der Waals surface area contributed by atoms with Crippen LogP contribution < -0.4 is 5.32 Å². The Hall–Kier alpha value is -1.38. The van der Waals surface area contributed by atoms with Crippen molar-refractivity contribution in [2.24, 2.45) is 0 Å². The highest BCUT2D eigenvalue weighted by molar-refractivity contribution is 5.53. The number of nitrogens with one attached hydrogen (secondary N) is 1. The van der Waals surface area contributed by atoms with E-state index in [1.165, 1.54) is 12.1 Å². The van der Waals surface area contributed by atoms with Crippen LogP contribution in [0.1, 0.15) is 6.92 Å². The lowest BCUT2D eigenvalue weighted by atomic mass is 10.3. The lowest BCUT2D eigenvalue weighted by Gasteiger charge is -2.03. The second kappa shape index (κ2) is 3.14. The highest BCUT2D eigenvalue weighted by Crippen LogP contribution is 2.26. The third kappa shape index (κ3) is 1.77. The van der Waals surface area contributed by atoms with Crippen molar-refractivity contribution in [3.05, 3.63) is 18.2 Å². The standard InChI is InChI=1S/C8H11NO2/c1-2-9-6-3-4-7(10)8(11)5-6/h3-5,9-11H,2H2,1H3. The summed E-state index contributed by atoms with van der Waals surface area (Å²) in [6.45, 7) is 2.76. The quantitative estimate of drug-likeness (QED) is 0.446. The van der Waals surface area contributed by atoms with Gasteiger partial charge in [0.05, 0.1) is 0 Å². The average Bonchev–Trinajstić information content (AvgIpc) is 1.98. The molecular weight excluding hydrogens is 142 g/mol. The van der Waals surface area contributed by atoms with Crippen LogP contribution in [0.2, 0.25) is 0 Å². The van der Waals surface area contributed by atoms with Crippen molar-refractivity contribution in [2.45, 2.75) is 6.92 Å². The highest BCUT2D eigenvalue weighted by atomic mass is 16.3. The number of hydrogen-bond acceptors (Lipinski definition) is 3. The molecule has 1 rings (SSSR count). The number of phenolic OH excluding ortho intramolecular Hbond substituents is 2. The predicted molar refractivity (Wildman–Crippen MR) is 43.9 cm³/mol. The van der Waals surface area contributed by atoms with Crippen molar-refractivity contribution in [1.82, 2.24) is 0 Å². The maximum Gasteiger partial charge on any atom is 0.159 e. The van der Waals surface area contributed by atoms with Gasteiger partial charge in [-0.05, 0) is 19.1 Å². The van der Waals surface area contributed by atoms with E-state index in [1.54, 1.807) is 6.07 Å². The van der Waals surface area contributed by atoms with Crippen molar-refractivity contribution < 1.29 is 10.2 Å². The van der Waals surface area contributed by atoms with Crippen LogP contribution in [0.3, 0.4) is 0 Å². The van der Waals surface area contributed by atoms with Crippen LogP contribution in [-0.2, 0) is 0 Å². The van der Waals surface area contributed by atoms with Gasteiger partial charge in [-0.15, -0.1) is 0 Å². The van der Waals surface area contributed by atoms with E-state index in [2.05, 4.69) is 5.32 Å². The van der Waals surface area contributed by atoms with E-state index in [9.17, 15) is 0 Å². The SMILES string of the molecule is CCNc1ccc(O)c(O)c1. The first kappa shape index (κ1) is 7.72. The monoisotopic (exact) mass is 153 g/mol. The molecule has 0 atom stereocenters. The Kier molecular flexibility index (Phi) is 2.21. The molecule has 60 valence electrons. The average molecular weight is 153 g/mol. The van der Waals surface area contributed by atoms with E-state index >= 15 is 0 Å². The van der Waals surface area contributed by atoms with Crippen LogP contribution in [0.15, 0.2) is 18.2 Å². The molecule has 3 nitrogen and oxygen atoms in total. The first-order chi connectivity index (χ1) is 5.24. The zero-order valence-corrected chi connectivity index (χ0v) is 6.33. The molecule has 0 aromatic heterocycles. The number of rotatable bonds is 2. The minimum absolute atomic E-state index is 0.0911. The summed E-state index contributed by atoms with van der Waals surface area (Å²) in [7, 11) is 0. The van der Waals surface area contributed by atoms with Gasteiger partial charge in [0.1, 0.15) is 0 Å². The zero-order valence-electron chi connectivity index (χ0n) is 6.33. The van der Waals surface area contributed by atoms with Gasteiger partial charge < -0.3 is 15.5 Å². The minimum atomic E-state index is -0.0940. The Morgan fingerprint density at radius 3 is 2.55 bits per heavy atom. The van der Waals surface area contributed by atoms with Gasteiger partial charge in [0.15, 0.2) is 11.5 Å². The number of anilines is 1. The number of hydrogen-bond donors (Lipinski definition) is 3. The summed E-state index contributed by atoms with van der Waals surface area (Å²) < 4.78 is 0. The van der Waals surface area contributed by atoms with Gasteiger partial charge in [-0.3, -0.25) is 0 Å². The second-order valence-corrected chi connectivity index (χ2v) is 2.23. The lowest BCUT2D eigenvalue weighted by Crippen LogP contribution is -1.95. The summed E-state index contributed by atoms with van der Waals surface area (Å²) in [6.07, 6.45) is 0. The molecule has 0 saturated heterocycles. The van der Waals surface area contributed by atoms with Crippen molar-refractivity contribution in [3.63, 3.8) is 0 Å². The van der Waals surface area contributed by atoms with Crippen molar-refractivity contribution >= 4 is 5.69 Å². The predicted octanol–water partition coefficient (Wildman–Crippen LogP) is 1.53. The third-order valence-corrected chi connectivity index (χ3v) is 1.36. The molecule has 0 unspecified atom stereocenters. The van der Waals surface area contributed by atoms with Gasteiger partial charge in [-0.25, -0.2) is 0 Å². The summed E-state index contributed by atoms with van der Waals surface area (Å²) in [4.78, 5) is 0. The molecule has 0 aliphatic carbocycles. The Bertz CT molecular complexity index is 248. The molecule has 3 heteroatoms. The lowest BCUT2D eigenvalue weighted by molar-refractivity contribution is 0.404. The Morgan fingerprint density at radius 1 is 1.27 bits per heavy atom. The van der Waals surface area contributed by atoms with Gasteiger partial charge in [0.2, 0.25) is 0 Å². The largest absolute Gasteiger partial charge is 0.504 e. The normalized spacial score (nSPS) is 9.55. The van der Waals surface area contributed by atoms with E-state index in [4.69, 9.17) is 10.2 Å². The summed E-state index contributed by atoms with van der Waals surface area (Å²) in [5.74, 6) is -0.185. The molecule has 0 fully saturated rings. The number of aromatic hydroxyl groups is 2. The van der Waals surface area contributed by atoms with Crippen LogP contribution in [0.4, 0.5) is 5.69 Å². The molecule has 0 bridgehead atoms. The smallest absolute Gasteiger partial charge is 0.159 e. The third-order valence-electron chi connectivity index (χ3n) is 1.36. The number of phenols is 2. The molecule has 1 aromatic carbocycles. The molecular formula is C8H11NO2. The first-order valence-electron chi connectivity index (χ1n) is 3.50. The Labute approximate surface area is 65.3 Å². The van der Waals surface area contributed by atoms with Crippen LogP contribution in [0.5, 0.6) is 11.5 Å². The molecule has 0 spiro atoms. The molecule has 0 amide bonds. The maximum absolute atomic E-state index is 9.04. The molecule has 0 radical (unpaired) electrons. The fourth-order valence-corrected chi connectivity index (χ4v) is 0.838. The van der Waals surface area contributed by atoms with E-state index < -0.39 is 0 Å². The maximum atomic E-state index is 9.04. The van der Waals surface area contributed by atoms with Crippen LogP contribution in [-0.4, -0.2) is 16.8 Å². The summed E-state index contributed by atoms with van der Waals surface area (Å²) in [6, 6.07) is 4.64. The van der Waals surface area contributed by atoms with Gasteiger partial charge >= 0.3 is 0 Å². The number of benzene rings is 1. The highest BCUT2D eigenvalue weighted by Gasteiger charge is 1.97. The molecule has 11 heavy (non-hydrogen) atoms. The van der Waals surface area contributed by atoms with E-state index in [-0.39, 0.29) is 11.5 Å². The summed E-state index contributed by atoms with van der Waals surface area (Å²) in [5, 5.41) is 21.0. The summed E-state index contributed by atoms with van der Waals surface area (Å²) in [5.41, 5.74) is 0.808. The van der Waals surface area contributed by atoms with Crippen molar-refractivity contribution in [2.75, 3.05) is 11.9 Å². The van der Waals surface area contributed by atoms with Crippen LogP contribution in [0, 0.1) is 0 Å². The van der Waals surface area contributed by atoms with Gasteiger partial charge in [-0.1, -0.05) is 0 Å². The Morgan fingerprint density at radius 2 is 2.00 bits per heavy atom. The van der Waals surface area contributed by atoms with Crippen molar-refractivity contribution in [1.29, 1.82) is 0 Å². The molecule has 3 N–H and O–H groups in total. The van der Waals surface area contributed by atoms with E-state index in [0.29, 0.717) is 0 Å². The van der Waals surface area contributed by atoms with Gasteiger partial charge in [-0.2, -0.15) is 0 Å².